The van der Waals surface area contributed by atoms with Gasteiger partial charge in [-0.25, -0.2) is 0 Å². The first-order chi connectivity index (χ1) is 6.82. The van der Waals surface area contributed by atoms with Crippen LogP contribution in [0.15, 0.2) is 22.7 Å². The molecule has 15 heavy (non-hydrogen) atoms. The Balaban J connectivity index is 3.27. The van der Waals surface area contributed by atoms with Crippen LogP contribution in [0.2, 0.25) is 0 Å². The summed E-state index contributed by atoms with van der Waals surface area (Å²) in [6.45, 7) is 7.66. The molecule has 0 aromatic heterocycles. The molecule has 0 heterocycles. The second-order valence-corrected chi connectivity index (χ2v) is 5.31. The Kier molecular flexibility index (Phi) is 3.55. The molecule has 0 bridgehead atoms. The minimum Gasteiger partial charge on any atom is -0.426 e. The van der Waals surface area contributed by atoms with Crippen molar-refractivity contribution in [2.45, 2.75) is 33.1 Å². The van der Waals surface area contributed by atoms with Crippen LogP contribution in [-0.2, 0) is 10.2 Å². The van der Waals surface area contributed by atoms with E-state index in [0.29, 0.717) is 5.75 Å². The second kappa shape index (κ2) is 4.35. The molecule has 0 saturated carbocycles. The molecule has 3 heteroatoms. The van der Waals surface area contributed by atoms with Crippen molar-refractivity contribution in [3.8, 4) is 5.75 Å². The molecule has 0 aliphatic carbocycles. The van der Waals surface area contributed by atoms with Crippen LogP contribution in [0.3, 0.4) is 0 Å². The molecule has 0 fully saturated rings. The smallest absolute Gasteiger partial charge is 0.308 e. The van der Waals surface area contributed by atoms with E-state index in [1.165, 1.54) is 6.92 Å². The van der Waals surface area contributed by atoms with Crippen molar-refractivity contribution in [3.63, 3.8) is 0 Å². The van der Waals surface area contributed by atoms with E-state index >= 15 is 0 Å². The van der Waals surface area contributed by atoms with Crippen molar-refractivity contribution in [1.29, 1.82) is 0 Å². The summed E-state index contributed by atoms with van der Waals surface area (Å²) in [7, 11) is 0. The summed E-state index contributed by atoms with van der Waals surface area (Å²) in [5.74, 6) is 0.336. The van der Waals surface area contributed by atoms with Crippen LogP contribution in [0.1, 0.15) is 33.3 Å². The number of hydrogen-bond donors (Lipinski definition) is 0. The standard InChI is InChI=1S/C12H15BrO2/c1-8(14)15-10-7-5-6-9(13)11(10)12(2,3)4/h5-7H,1-4H3. The van der Waals surface area contributed by atoms with Crippen molar-refractivity contribution in [1.82, 2.24) is 0 Å². The van der Waals surface area contributed by atoms with E-state index < -0.39 is 0 Å². The molecule has 0 atom stereocenters. The maximum Gasteiger partial charge on any atom is 0.308 e. The average molecular weight is 271 g/mol. The molecule has 1 rings (SSSR count). The van der Waals surface area contributed by atoms with Gasteiger partial charge in [0.1, 0.15) is 5.75 Å². The monoisotopic (exact) mass is 270 g/mol. The number of ether oxygens (including phenoxy) is 1. The number of rotatable bonds is 1. The fourth-order valence-electron chi connectivity index (χ4n) is 1.47. The minimum absolute atomic E-state index is 0.0646. The molecule has 0 radical (unpaired) electrons. The lowest BCUT2D eigenvalue weighted by Gasteiger charge is -2.23. The van der Waals surface area contributed by atoms with Crippen LogP contribution in [0.4, 0.5) is 0 Å². The van der Waals surface area contributed by atoms with E-state index in [9.17, 15) is 4.79 Å². The van der Waals surface area contributed by atoms with E-state index in [-0.39, 0.29) is 11.4 Å². The van der Waals surface area contributed by atoms with Crippen molar-refractivity contribution < 1.29 is 9.53 Å². The highest BCUT2D eigenvalue weighted by atomic mass is 79.9. The van der Waals surface area contributed by atoms with Gasteiger partial charge < -0.3 is 4.74 Å². The number of hydrogen-bond acceptors (Lipinski definition) is 2. The van der Waals surface area contributed by atoms with Crippen LogP contribution in [0, 0.1) is 0 Å². The first kappa shape index (κ1) is 12.2. The van der Waals surface area contributed by atoms with Crippen LogP contribution < -0.4 is 4.74 Å². The predicted molar refractivity (Wildman–Crippen MR) is 64.2 cm³/mol. The van der Waals surface area contributed by atoms with Crippen molar-refractivity contribution in [2.75, 3.05) is 0 Å². The maximum atomic E-state index is 11.0. The molecule has 0 aliphatic heterocycles. The first-order valence-corrected chi connectivity index (χ1v) is 5.59. The summed E-state index contributed by atoms with van der Waals surface area (Å²) in [5.41, 5.74) is 0.949. The van der Waals surface area contributed by atoms with Gasteiger partial charge in [0.05, 0.1) is 0 Å². The summed E-state index contributed by atoms with van der Waals surface area (Å²) in [6.07, 6.45) is 0. The zero-order valence-corrected chi connectivity index (χ0v) is 11.0. The quantitative estimate of drug-likeness (QED) is 0.575. The van der Waals surface area contributed by atoms with E-state index in [2.05, 4.69) is 36.7 Å². The van der Waals surface area contributed by atoms with Crippen LogP contribution in [0.25, 0.3) is 0 Å². The number of carbonyl (C=O) groups excluding carboxylic acids is 1. The highest BCUT2D eigenvalue weighted by Gasteiger charge is 2.22. The second-order valence-electron chi connectivity index (χ2n) is 4.46. The van der Waals surface area contributed by atoms with Gasteiger partial charge in [0.15, 0.2) is 0 Å². The normalized spacial score (nSPS) is 11.3. The number of carbonyl (C=O) groups is 1. The molecule has 0 saturated heterocycles. The van der Waals surface area contributed by atoms with Gasteiger partial charge in [0.25, 0.3) is 0 Å². The van der Waals surface area contributed by atoms with Gasteiger partial charge >= 0.3 is 5.97 Å². The summed E-state index contributed by atoms with van der Waals surface area (Å²) in [5, 5.41) is 0. The topological polar surface area (TPSA) is 26.3 Å². The Morgan fingerprint density at radius 3 is 2.40 bits per heavy atom. The highest BCUT2D eigenvalue weighted by Crippen LogP contribution is 2.37. The fourth-order valence-corrected chi connectivity index (χ4v) is 2.41. The lowest BCUT2D eigenvalue weighted by Crippen LogP contribution is -2.15. The molecule has 2 nitrogen and oxygen atoms in total. The third kappa shape index (κ3) is 3.06. The van der Waals surface area contributed by atoms with Gasteiger partial charge in [-0.3, -0.25) is 4.79 Å². The molecule has 1 aromatic rings. The average Bonchev–Trinajstić information content (AvgIpc) is 1.99. The molecular weight excluding hydrogens is 256 g/mol. The number of benzene rings is 1. The summed E-state index contributed by atoms with van der Waals surface area (Å²) in [6, 6.07) is 5.62. The minimum atomic E-state index is -0.293. The number of esters is 1. The zero-order chi connectivity index (χ0) is 11.6. The summed E-state index contributed by atoms with van der Waals surface area (Å²) < 4.78 is 6.15. The van der Waals surface area contributed by atoms with Gasteiger partial charge in [-0.05, 0) is 17.5 Å². The van der Waals surface area contributed by atoms with Crippen LogP contribution >= 0.6 is 15.9 Å². The molecule has 0 spiro atoms. The molecule has 82 valence electrons. The lowest BCUT2D eigenvalue weighted by atomic mass is 9.86. The van der Waals surface area contributed by atoms with Gasteiger partial charge in [-0.15, -0.1) is 0 Å². The maximum absolute atomic E-state index is 11.0. The van der Waals surface area contributed by atoms with Gasteiger partial charge in [0.2, 0.25) is 0 Å². The Hall–Kier alpha value is -0.830. The van der Waals surface area contributed by atoms with Crippen LogP contribution in [0.5, 0.6) is 5.75 Å². The number of halogens is 1. The van der Waals surface area contributed by atoms with Crippen molar-refractivity contribution in [3.05, 3.63) is 28.2 Å². The van der Waals surface area contributed by atoms with Crippen molar-refractivity contribution in [2.24, 2.45) is 0 Å². The van der Waals surface area contributed by atoms with Gasteiger partial charge in [0, 0.05) is 17.0 Å². The van der Waals surface area contributed by atoms with Gasteiger partial charge in [-0.2, -0.15) is 0 Å². The van der Waals surface area contributed by atoms with E-state index in [1.54, 1.807) is 0 Å². The van der Waals surface area contributed by atoms with Gasteiger partial charge in [-0.1, -0.05) is 42.8 Å². The Bertz CT molecular complexity index is 378. The molecule has 1 aromatic carbocycles. The summed E-state index contributed by atoms with van der Waals surface area (Å²) >= 11 is 3.48. The SMILES string of the molecule is CC(=O)Oc1cccc(Br)c1C(C)(C)C. The van der Waals surface area contributed by atoms with E-state index in [0.717, 1.165) is 10.0 Å². The third-order valence-electron chi connectivity index (χ3n) is 1.98. The van der Waals surface area contributed by atoms with Crippen molar-refractivity contribution >= 4 is 21.9 Å². The Morgan fingerprint density at radius 1 is 1.33 bits per heavy atom. The van der Waals surface area contributed by atoms with Crippen LogP contribution in [-0.4, -0.2) is 5.97 Å². The fraction of sp³-hybridized carbons (Fsp3) is 0.417. The lowest BCUT2D eigenvalue weighted by molar-refractivity contribution is -0.131. The van der Waals surface area contributed by atoms with E-state index in [1.807, 2.05) is 18.2 Å². The first-order valence-electron chi connectivity index (χ1n) is 4.80. The molecule has 0 amide bonds. The zero-order valence-electron chi connectivity index (χ0n) is 9.43. The molecular formula is C12H15BrO2. The Morgan fingerprint density at radius 2 is 1.93 bits per heavy atom. The third-order valence-corrected chi connectivity index (χ3v) is 2.64. The molecule has 0 unspecified atom stereocenters. The van der Waals surface area contributed by atoms with E-state index in [4.69, 9.17) is 4.74 Å². The molecule has 0 N–H and O–H groups in total. The molecule has 0 aliphatic rings. The highest BCUT2D eigenvalue weighted by molar-refractivity contribution is 9.10. The largest absolute Gasteiger partial charge is 0.426 e. The summed E-state index contributed by atoms with van der Waals surface area (Å²) in [4.78, 5) is 11.0. The predicted octanol–water partition coefficient (Wildman–Crippen LogP) is 3.67. The Labute approximate surface area is 98.8 Å².